The van der Waals surface area contributed by atoms with Crippen LogP contribution in [0, 0.1) is 13.8 Å². The van der Waals surface area contributed by atoms with Crippen molar-refractivity contribution in [1.82, 2.24) is 4.72 Å². The van der Waals surface area contributed by atoms with E-state index in [9.17, 15) is 8.42 Å². The zero-order valence-corrected chi connectivity index (χ0v) is 13.4. The van der Waals surface area contributed by atoms with Crippen LogP contribution in [0.3, 0.4) is 0 Å². The van der Waals surface area contributed by atoms with Gasteiger partial charge in [-0.05, 0) is 43.9 Å². The number of hydrogen-bond acceptors (Lipinski definition) is 3. The lowest BCUT2D eigenvalue weighted by Crippen LogP contribution is -2.26. The van der Waals surface area contributed by atoms with Gasteiger partial charge in [-0.25, -0.2) is 13.1 Å². The highest BCUT2D eigenvalue weighted by molar-refractivity contribution is 7.89. The van der Waals surface area contributed by atoms with Crippen LogP contribution < -0.4 is 4.72 Å². The van der Waals surface area contributed by atoms with Gasteiger partial charge in [0, 0.05) is 19.8 Å². The first-order valence-electron chi connectivity index (χ1n) is 7.12. The molecule has 0 aliphatic heterocycles. The van der Waals surface area contributed by atoms with Crippen LogP contribution in [0.25, 0.3) is 0 Å². The van der Waals surface area contributed by atoms with E-state index >= 15 is 0 Å². The Morgan fingerprint density at radius 3 is 2.55 bits per heavy atom. The second-order valence-corrected chi connectivity index (χ2v) is 6.72. The number of aryl methyl sites for hydroxylation is 2. The normalized spacial score (nSPS) is 11.8. The molecule has 0 heterocycles. The lowest BCUT2D eigenvalue weighted by molar-refractivity contribution is 0.130. The first kappa shape index (κ1) is 17.1. The Morgan fingerprint density at radius 1 is 1.15 bits per heavy atom. The second kappa shape index (κ2) is 8.39. The van der Waals surface area contributed by atoms with E-state index in [1.807, 2.05) is 26.0 Å². The van der Waals surface area contributed by atoms with E-state index in [0.717, 1.165) is 30.6 Å². The molecular formula is C15H25NO3S. The van der Waals surface area contributed by atoms with Gasteiger partial charge in [0.2, 0.25) is 10.0 Å². The third kappa shape index (κ3) is 5.61. The van der Waals surface area contributed by atoms with Crippen molar-refractivity contribution in [2.24, 2.45) is 0 Å². The van der Waals surface area contributed by atoms with Crippen LogP contribution in [0.2, 0.25) is 0 Å². The first-order chi connectivity index (χ1) is 9.47. The number of nitrogens with one attached hydrogen (secondary N) is 1. The number of ether oxygens (including phenoxy) is 1. The molecule has 1 aromatic rings. The monoisotopic (exact) mass is 299 g/mol. The average molecular weight is 299 g/mol. The van der Waals surface area contributed by atoms with Crippen molar-refractivity contribution in [2.45, 2.75) is 44.9 Å². The van der Waals surface area contributed by atoms with Gasteiger partial charge in [-0.15, -0.1) is 0 Å². The summed E-state index contributed by atoms with van der Waals surface area (Å²) in [6.45, 7) is 7.56. The predicted octanol–water partition coefficient (Wildman–Crippen LogP) is 2.79. The van der Waals surface area contributed by atoms with Gasteiger partial charge in [-0.1, -0.05) is 25.5 Å². The molecule has 0 aliphatic carbocycles. The van der Waals surface area contributed by atoms with Crippen LogP contribution >= 0.6 is 0 Å². The Kier molecular flexibility index (Phi) is 7.19. The smallest absolute Gasteiger partial charge is 0.240 e. The molecule has 0 amide bonds. The number of sulfonamides is 1. The fraction of sp³-hybridized carbons (Fsp3) is 0.600. The molecule has 0 aromatic heterocycles. The SMILES string of the molecule is CCCCOCCCNS(=O)(=O)c1cc(C)ccc1C. The summed E-state index contributed by atoms with van der Waals surface area (Å²) >= 11 is 0. The van der Waals surface area contributed by atoms with Crippen LogP contribution in [0.1, 0.15) is 37.3 Å². The van der Waals surface area contributed by atoms with Crippen LogP contribution in [-0.2, 0) is 14.8 Å². The molecule has 20 heavy (non-hydrogen) atoms. The van der Waals surface area contributed by atoms with Crippen LogP contribution in [0.5, 0.6) is 0 Å². The molecule has 0 radical (unpaired) electrons. The van der Waals surface area contributed by atoms with Crippen molar-refractivity contribution in [2.75, 3.05) is 19.8 Å². The van der Waals surface area contributed by atoms with E-state index in [0.29, 0.717) is 24.5 Å². The molecule has 1 rings (SSSR count). The van der Waals surface area contributed by atoms with Gasteiger partial charge in [0.1, 0.15) is 0 Å². The van der Waals surface area contributed by atoms with Gasteiger partial charge in [0.25, 0.3) is 0 Å². The van der Waals surface area contributed by atoms with Gasteiger partial charge in [0.05, 0.1) is 4.90 Å². The molecule has 5 heteroatoms. The Labute approximate surface area is 122 Å². The van der Waals surface area contributed by atoms with Crippen molar-refractivity contribution in [3.63, 3.8) is 0 Å². The molecule has 1 N–H and O–H groups in total. The van der Waals surface area contributed by atoms with Crippen molar-refractivity contribution < 1.29 is 13.2 Å². The average Bonchev–Trinajstić information content (AvgIpc) is 2.40. The molecule has 0 saturated heterocycles. The van der Waals surface area contributed by atoms with Gasteiger partial charge in [-0.3, -0.25) is 0 Å². The number of hydrogen-bond donors (Lipinski definition) is 1. The topological polar surface area (TPSA) is 55.4 Å². The molecule has 4 nitrogen and oxygen atoms in total. The van der Waals surface area contributed by atoms with E-state index in [4.69, 9.17) is 4.74 Å². The van der Waals surface area contributed by atoms with Crippen molar-refractivity contribution >= 4 is 10.0 Å². The van der Waals surface area contributed by atoms with Gasteiger partial charge >= 0.3 is 0 Å². The van der Waals surface area contributed by atoms with Crippen molar-refractivity contribution in [3.05, 3.63) is 29.3 Å². The summed E-state index contributed by atoms with van der Waals surface area (Å²) in [6, 6.07) is 5.45. The zero-order valence-electron chi connectivity index (χ0n) is 12.6. The van der Waals surface area contributed by atoms with E-state index in [1.54, 1.807) is 6.07 Å². The minimum absolute atomic E-state index is 0.365. The molecule has 0 spiro atoms. The number of benzene rings is 1. The number of unbranched alkanes of at least 4 members (excludes halogenated alkanes) is 1. The summed E-state index contributed by atoms with van der Waals surface area (Å²) in [5.74, 6) is 0. The van der Waals surface area contributed by atoms with E-state index in [1.165, 1.54) is 0 Å². The largest absolute Gasteiger partial charge is 0.381 e. The standard InChI is InChI=1S/C15H25NO3S/c1-4-5-10-19-11-6-9-16-20(17,18)15-12-13(2)7-8-14(15)3/h7-8,12,16H,4-6,9-11H2,1-3H3. The lowest BCUT2D eigenvalue weighted by Gasteiger charge is -2.10. The highest BCUT2D eigenvalue weighted by atomic mass is 32.2. The maximum atomic E-state index is 12.2. The van der Waals surface area contributed by atoms with Gasteiger partial charge < -0.3 is 4.74 Å². The highest BCUT2D eigenvalue weighted by Crippen LogP contribution is 2.16. The minimum Gasteiger partial charge on any atom is -0.381 e. The minimum atomic E-state index is -3.42. The molecular weight excluding hydrogens is 274 g/mol. The van der Waals surface area contributed by atoms with Crippen molar-refractivity contribution in [1.29, 1.82) is 0 Å². The molecule has 0 fully saturated rings. The van der Waals surface area contributed by atoms with Gasteiger partial charge in [0.15, 0.2) is 0 Å². The Morgan fingerprint density at radius 2 is 1.85 bits per heavy atom. The third-order valence-corrected chi connectivity index (χ3v) is 4.64. The Balaban J connectivity index is 2.44. The lowest BCUT2D eigenvalue weighted by atomic mass is 10.2. The van der Waals surface area contributed by atoms with Crippen molar-refractivity contribution in [3.8, 4) is 0 Å². The molecule has 114 valence electrons. The molecule has 0 atom stereocenters. The van der Waals surface area contributed by atoms with E-state index in [2.05, 4.69) is 11.6 Å². The molecule has 1 aromatic carbocycles. The number of rotatable bonds is 9. The van der Waals surface area contributed by atoms with E-state index < -0.39 is 10.0 Å². The quantitative estimate of drug-likeness (QED) is 0.713. The first-order valence-corrected chi connectivity index (χ1v) is 8.60. The third-order valence-electron chi connectivity index (χ3n) is 3.03. The zero-order chi connectivity index (χ0) is 15.0. The fourth-order valence-corrected chi connectivity index (χ4v) is 3.21. The van der Waals surface area contributed by atoms with Crippen LogP contribution in [-0.4, -0.2) is 28.2 Å². The Bertz CT molecular complexity index is 512. The van der Waals surface area contributed by atoms with E-state index in [-0.39, 0.29) is 0 Å². The molecule has 0 aliphatic rings. The maximum Gasteiger partial charge on any atom is 0.240 e. The fourth-order valence-electron chi connectivity index (χ4n) is 1.80. The predicted molar refractivity (Wildman–Crippen MR) is 81.4 cm³/mol. The summed E-state index contributed by atoms with van der Waals surface area (Å²) in [7, 11) is -3.42. The molecule has 0 bridgehead atoms. The maximum absolute atomic E-state index is 12.2. The molecule has 0 unspecified atom stereocenters. The Hall–Kier alpha value is -0.910. The van der Waals surface area contributed by atoms with Crippen LogP contribution in [0.15, 0.2) is 23.1 Å². The summed E-state index contributed by atoms with van der Waals surface area (Å²) < 4.78 is 32.4. The second-order valence-electron chi connectivity index (χ2n) is 4.99. The van der Waals surface area contributed by atoms with Crippen LogP contribution in [0.4, 0.5) is 0 Å². The highest BCUT2D eigenvalue weighted by Gasteiger charge is 2.15. The van der Waals surface area contributed by atoms with Gasteiger partial charge in [-0.2, -0.15) is 0 Å². The molecule has 0 saturated carbocycles. The summed E-state index contributed by atoms with van der Waals surface area (Å²) in [4.78, 5) is 0.365. The summed E-state index contributed by atoms with van der Waals surface area (Å²) in [5.41, 5.74) is 1.71. The summed E-state index contributed by atoms with van der Waals surface area (Å²) in [6.07, 6.45) is 2.85. The summed E-state index contributed by atoms with van der Waals surface area (Å²) in [5, 5.41) is 0.